The van der Waals surface area contributed by atoms with Gasteiger partial charge >= 0.3 is 0 Å². The lowest BCUT2D eigenvalue weighted by molar-refractivity contribution is 0.160. The second-order valence-electron chi connectivity index (χ2n) is 7.19. The van der Waals surface area contributed by atoms with Crippen molar-refractivity contribution in [2.24, 2.45) is 5.92 Å². The Bertz CT molecular complexity index is 504. The van der Waals surface area contributed by atoms with Crippen molar-refractivity contribution in [2.45, 2.75) is 31.1 Å². The number of nitrogens with zero attached hydrogens (tertiary/aromatic N) is 2. The number of anilines is 1. The molecule has 0 atom stereocenters. The maximum Gasteiger partial charge on any atom is 0.0606 e. The third-order valence-corrected chi connectivity index (χ3v) is 5.71. The van der Waals surface area contributed by atoms with Crippen LogP contribution in [-0.4, -0.2) is 49.3 Å². The number of aliphatic hydroxyl groups is 1. The van der Waals surface area contributed by atoms with Gasteiger partial charge < -0.3 is 14.9 Å². The van der Waals surface area contributed by atoms with Gasteiger partial charge in [0.15, 0.2) is 0 Å². The van der Waals surface area contributed by atoms with Crippen LogP contribution in [0.5, 0.6) is 0 Å². The second-order valence-corrected chi connectivity index (χ2v) is 7.19. The molecule has 1 aliphatic carbocycles. The minimum atomic E-state index is 0.248. The Balaban J connectivity index is 1.52. The van der Waals surface area contributed by atoms with Gasteiger partial charge in [-0.1, -0.05) is 18.2 Å². The zero-order valence-corrected chi connectivity index (χ0v) is 12.8. The molecule has 114 valence electrons. The summed E-state index contributed by atoms with van der Waals surface area (Å²) in [7, 11) is 0. The zero-order valence-electron chi connectivity index (χ0n) is 12.8. The molecule has 1 aromatic carbocycles. The van der Waals surface area contributed by atoms with E-state index in [0.717, 1.165) is 19.0 Å². The van der Waals surface area contributed by atoms with Crippen molar-refractivity contribution in [2.75, 3.05) is 44.2 Å². The topological polar surface area (TPSA) is 26.7 Å². The smallest absolute Gasteiger partial charge is 0.0606 e. The molecule has 0 aromatic heterocycles. The van der Waals surface area contributed by atoms with E-state index >= 15 is 0 Å². The van der Waals surface area contributed by atoms with E-state index in [1.807, 2.05) is 0 Å². The number of benzene rings is 1. The predicted octanol–water partition coefficient (Wildman–Crippen LogP) is 2.24. The van der Waals surface area contributed by atoms with Gasteiger partial charge in [-0.05, 0) is 56.3 Å². The van der Waals surface area contributed by atoms with Crippen molar-refractivity contribution in [3.05, 3.63) is 29.8 Å². The van der Waals surface area contributed by atoms with Crippen LogP contribution in [0.3, 0.4) is 0 Å². The summed E-state index contributed by atoms with van der Waals surface area (Å²) in [5.74, 6) is 1.00. The molecule has 1 saturated carbocycles. The summed E-state index contributed by atoms with van der Waals surface area (Å²) in [6.45, 7) is 5.95. The number of hydrogen-bond acceptors (Lipinski definition) is 3. The van der Waals surface area contributed by atoms with Crippen LogP contribution in [0.25, 0.3) is 0 Å². The number of para-hydroxylation sites is 1. The molecule has 3 heteroatoms. The van der Waals surface area contributed by atoms with Crippen molar-refractivity contribution >= 4 is 5.69 Å². The highest BCUT2D eigenvalue weighted by Gasteiger charge is 2.44. The number of hydrogen-bond donors (Lipinski definition) is 1. The minimum absolute atomic E-state index is 0.248. The van der Waals surface area contributed by atoms with E-state index < -0.39 is 0 Å². The van der Waals surface area contributed by atoms with Gasteiger partial charge in [-0.2, -0.15) is 0 Å². The first-order valence-corrected chi connectivity index (χ1v) is 8.48. The molecule has 1 saturated heterocycles. The number of aliphatic hydroxyl groups excluding tert-OH is 1. The molecule has 2 fully saturated rings. The van der Waals surface area contributed by atoms with Crippen LogP contribution < -0.4 is 4.90 Å². The first-order chi connectivity index (χ1) is 10.3. The van der Waals surface area contributed by atoms with E-state index in [0.29, 0.717) is 5.41 Å². The van der Waals surface area contributed by atoms with Crippen LogP contribution in [0.1, 0.15) is 31.2 Å². The summed E-state index contributed by atoms with van der Waals surface area (Å²) in [5, 5.41) is 9.34. The highest BCUT2D eigenvalue weighted by molar-refractivity contribution is 5.62. The van der Waals surface area contributed by atoms with Crippen molar-refractivity contribution in [1.29, 1.82) is 0 Å². The fourth-order valence-electron chi connectivity index (χ4n) is 4.31. The lowest BCUT2D eigenvalue weighted by atomic mass is 9.74. The number of likely N-dealkylation sites (tertiary alicyclic amines) is 1. The van der Waals surface area contributed by atoms with E-state index in [2.05, 4.69) is 34.1 Å². The van der Waals surface area contributed by atoms with Crippen molar-refractivity contribution in [3.8, 4) is 0 Å². The van der Waals surface area contributed by atoms with E-state index in [1.54, 1.807) is 0 Å². The molecule has 3 aliphatic rings. The summed E-state index contributed by atoms with van der Waals surface area (Å²) < 4.78 is 0. The summed E-state index contributed by atoms with van der Waals surface area (Å²) >= 11 is 0. The normalized spacial score (nSPS) is 24.5. The lowest BCUT2D eigenvalue weighted by Gasteiger charge is -2.40. The molecule has 2 heterocycles. The first-order valence-electron chi connectivity index (χ1n) is 8.48. The molecule has 0 unspecified atom stereocenters. The molecule has 3 nitrogen and oxygen atoms in total. The van der Waals surface area contributed by atoms with Crippen LogP contribution in [0, 0.1) is 5.92 Å². The molecular weight excluding hydrogens is 260 g/mol. The third kappa shape index (κ3) is 2.47. The average molecular weight is 286 g/mol. The first kappa shape index (κ1) is 13.6. The quantitative estimate of drug-likeness (QED) is 0.919. The minimum Gasteiger partial charge on any atom is -0.395 e. The molecule has 21 heavy (non-hydrogen) atoms. The third-order valence-electron chi connectivity index (χ3n) is 5.71. The van der Waals surface area contributed by atoms with E-state index in [4.69, 9.17) is 0 Å². The van der Waals surface area contributed by atoms with Gasteiger partial charge in [-0.25, -0.2) is 0 Å². The molecule has 1 aromatic rings. The van der Waals surface area contributed by atoms with Crippen molar-refractivity contribution < 1.29 is 5.11 Å². The van der Waals surface area contributed by atoms with Crippen LogP contribution >= 0.6 is 0 Å². The van der Waals surface area contributed by atoms with Crippen LogP contribution in [0.4, 0.5) is 5.69 Å². The fourth-order valence-corrected chi connectivity index (χ4v) is 4.31. The summed E-state index contributed by atoms with van der Waals surface area (Å²) in [5.41, 5.74) is 3.23. The molecule has 0 bridgehead atoms. The average Bonchev–Trinajstić information content (AvgIpc) is 3.28. The van der Waals surface area contributed by atoms with E-state index in [9.17, 15) is 5.11 Å². The molecule has 1 spiro atoms. The maximum atomic E-state index is 9.34. The zero-order chi connectivity index (χ0) is 14.3. The molecule has 2 aliphatic heterocycles. The van der Waals surface area contributed by atoms with E-state index in [-0.39, 0.29) is 6.61 Å². The van der Waals surface area contributed by atoms with Crippen LogP contribution in [0.15, 0.2) is 24.3 Å². The van der Waals surface area contributed by atoms with Gasteiger partial charge in [0.05, 0.1) is 6.61 Å². The number of piperidine rings is 1. The van der Waals surface area contributed by atoms with E-state index in [1.165, 1.54) is 56.6 Å². The Hall–Kier alpha value is -1.06. The summed E-state index contributed by atoms with van der Waals surface area (Å²) in [6, 6.07) is 8.86. The Morgan fingerprint density at radius 2 is 1.90 bits per heavy atom. The van der Waals surface area contributed by atoms with Gasteiger partial charge in [-0.3, -0.25) is 0 Å². The molecule has 0 amide bonds. The Labute approximate surface area is 127 Å². The SMILES string of the molecule is OCCN1CC2(CCN(CC3CC3)CC2)c2ccccc21. The second kappa shape index (κ2) is 5.29. The van der Waals surface area contributed by atoms with Gasteiger partial charge in [0.25, 0.3) is 0 Å². The van der Waals surface area contributed by atoms with Crippen LogP contribution in [0.2, 0.25) is 0 Å². The van der Waals surface area contributed by atoms with Crippen molar-refractivity contribution in [1.82, 2.24) is 4.90 Å². The highest BCUT2D eigenvalue weighted by atomic mass is 16.3. The Morgan fingerprint density at radius 3 is 2.62 bits per heavy atom. The highest BCUT2D eigenvalue weighted by Crippen LogP contribution is 2.47. The molecular formula is C18H26N2O. The maximum absolute atomic E-state index is 9.34. The predicted molar refractivity (Wildman–Crippen MR) is 85.8 cm³/mol. The largest absolute Gasteiger partial charge is 0.395 e. The van der Waals surface area contributed by atoms with Gasteiger partial charge in [0, 0.05) is 30.7 Å². The molecule has 1 N–H and O–H groups in total. The number of rotatable bonds is 4. The van der Waals surface area contributed by atoms with Gasteiger partial charge in [-0.15, -0.1) is 0 Å². The van der Waals surface area contributed by atoms with Gasteiger partial charge in [0.2, 0.25) is 0 Å². The Morgan fingerprint density at radius 1 is 1.14 bits per heavy atom. The molecule has 4 rings (SSSR count). The van der Waals surface area contributed by atoms with Crippen molar-refractivity contribution in [3.63, 3.8) is 0 Å². The number of β-amino-alcohol motifs (C(OH)–C–C–N with tert-alkyl or cyclic N) is 1. The standard InChI is InChI=1S/C18H26N2O/c21-12-11-20-14-18(16-3-1-2-4-17(16)20)7-9-19(10-8-18)13-15-5-6-15/h1-4,15,21H,5-14H2. The lowest BCUT2D eigenvalue weighted by Crippen LogP contribution is -2.46. The summed E-state index contributed by atoms with van der Waals surface area (Å²) in [6.07, 6.45) is 5.46. The van der Waals surface area contributed by atoms with Gasteiger partial charge in [0.1, 0.15) is 0 Å². The fraction of sp³-hybridized carbons (Fsp3) is 0.667. The summed E-state index contributed by atoms with van der Waals surface area (Å²) in [4.78, 5) is 5.08. The van der Waals surface area contributed by atoms with Crippen LogP contribution in [-0.2, 0) is 5.41 Å². The Kier molecular flexibility index (Phi) is 3.43. The number of fused-ring (bicyclic) bond motifs is 2. The monoisotopic (exact) mass is 286 g/mol. The molecule has 0 radical (unpaired) electrons.